The maximum Gasteiger partial charge on any atom is 0.141 e. The first-order valence-electron chi connectivity index (χ1n) is 5.70. The molecule has 0 bridgehead atoms. The van der Waals surface area contributed by atoms with Crippen LogP contribution in [0.4, 0.5) is 10.1 Å². The molecule has 1 heterocycles. The van der Waals surface area contributed by atoms with Gasteiger partial charge in [0.1, 0.15) is 5.82 Å². The van der Waals surface area contributed by atoms with Gasteiger partial charge < -0.3 is 5.32 Å². The van der Waals surface area contributed by atoms with Gasteiger partial charge in [0.2, 0.25) is 0 Å². The van der Waals surface area contributed by atoms with Crippen molar-refractivity contribution in [2.24, 2.45) is 0 Å². The molecule has 0 aliphatic rings. The number of nitrogens with one attached hydrogen (secondary N) is 1. The minimum absolute atomic E-state index is 0.00984. The highest BCUT2D eigenvalue weighted by Crippen LogP contribution is 2.23. The van der Waals surface area contributed by atoms with E-state index in [0.29, 0.717) is 0 Å². The lowest BCUT2D eigenvalue weighted by Crippen LogP contribution is -2.08. The minimum atomic E-state index is -0.329. The van der Waals surface area contributed by atoms with Gasteiger partial charge in [-0.15, -0.1) is 0 Å². The smallest absolute Gasteiger partial charge is 0.141 e. The van der Waals surface area contributed by atoms with Crippen LogP contribution in [0.1, 0.15) is 24.2 Å². The van der Waals surface area contributed by atoms with E-state index >= 15 is 0 Å². The molecule has 0 fully saturated rings. The SMILES string of the molecule is Cc1ccc(NC(C)c2ccc(F)cn2)cc1Cl. The van der Waals surface area contributed by atoms with Crippen LogP contribution in [0.3, 0.4) is 0 Å². The van der Waals surface area contributed by atoms with Crippen molar-refractivity contribution in [1.29, 1.82) is 0 Å². The normalized spacial score (nSPS) is 12.2. The van der Waals surface area contributed by atoms with Gasteiger partial charge >= 0.3 is 0 Å². The van der Waals surface area contributed by atoms with Crippen molar-refractivity contribution >= 4 is 17.3 Å². The van der Waals surface area contributed by atoms with Gasteiger partial charge in [-0.3, -0.25) is 4.98 Å². The molecular weight excluding hydrogens is 251 g/mol. The molecule has 1 unspecified atom stereocenters. The second kappa shape index (κ2) is 5.36. The fourth-order valence-electron chi connectivity index (χ4n) is 1.65. The third-order valence-corrected chi connectivity index (χ3v) is 3.16. The van der Waals surface area contributed by atoms with Gasteiger partial charge in [0.15, 0.2) is 0 Å². The third kappa shape index (κ3) is 2.99. The molecule has 0 radical (unpaired) electrons. The quantitative estimate of drug-likeness (QED) is 0.891. The summed E-state index contributed by atoms with van der Waals surface area (Å²) in [6.07, 6.45) is 1.22. The molecule has 0 aliphatic carbocycles. The number of hydrogen-bond donors (Lipinski definition) is 1. The zero-order valence-corrected chi connectivity index (χ0v) is 11.0. The Hall–Kier alpha value is -1.61. The fourth-order valence-corrected chi connectivity index (χ4v) is 1.83. The Bertz CT molecular complexity index is 540. The number of nitrogens with zero attached hydrogens (tertiary/aromatic N) is 1. The predicted octanol–water partition coefficient (Wildman–Crippen LogP) is 4.36. The maximum absolute atomic E-state index is 12.8. The van der Waals surface area contributed by atoms with E-state index in [1.165, 1.54) is 12.3 Å². The van der Waals surface area contributed by atoms with Crippen molar-refractivity contribution in [3.63, 3.8) is 0 Å². The summed E-state index contributed by atoms with van der Waals surface area (Å²) in [4.78, 5) is 4.04. The summed E-state index contributed by atoms with van der Waals surface area (Å²) in [6, 6.07) is 8.85. The Kier molecular flexibility index (Phi) is 3.82. The fraction of sp³-hybridized carbons (Fsp3) is 0.214. The molecule has 0 saturated carbocycles. The third-order valence-electron chi connectivity index (χ3n) is 2.75. The van der Waals surface area contributed by atoms with Crippen LogP contribution in [-0.2, 0) is 0 Å². The number of halogens is 2. The van der Waals surface area contributed by atoms with Crippen LogP contribution < -0.4 is 5.32 Å². The molecule has 2 nitrogen and oxygen atoms in total. The summed E-state index contributed by atoms with van der Waals surface area (Å²) in [5, 5.41) is 4.00. The van der Waals surface area contributed by atoms with E-state index in [2.05, 4.69) is 10.3 Å². The van der Waals surface area contributed by atoms with E-state index in [4.69, 9.17) is 11.6 Å². The van der Waals surface area contributed by atoms with Gasteiger partial charge in [-0.2, -0.15) is 0 Å². The van der Waals surface area contributed by atoms with Crippen molar-refractivity contribution in [3.8, 4) is 0 Å². The molecule has 2 rings (SSSR count). The summed E-state index contributed by atoms with van der Waals surface area (Å²) >= 11 is 6.06. The van der Waals surface area contributed by atoms with Crippen LogP contribution in [0.25, 0.3) is 0 Å². The van der Waals surface area contributed by atoms with Crippen molar-refractivity contribution in [2.45, 2.75) is 19.9 Å². The van der Waals surface area contributed by atoms with Crippen molar-refractivity contribution in [1.82, 2.24) is 4.98 Å². The van der Waals surface area contributed by atoms with Crippen LogP contribution in [0.2, 0.25) is 5.02 Å². The molecular formula is C14H14ClFN2. The lowest BCUT2D eigenvalue weighted by atomic mass is 10.2. The molecule has 2 aromatic rings. The first-order chi connectivity index (χ1) is 8.56. The predicted molar refractivity (Wildman–Crippen MR) is 72.4 cm³/mol. The molecule has 0 aliphatic heterocycles. The second-order valence-corrected chi connectivity index (χ2v) is 4.64. The Balaban J connectivity index is 2.13. The summed E-state index contributed by atoms with van der Waals surface area (Å²) in [7, 11) is 0. The molecule has 0 amide bonds. The molecule has 1 aromatic heterocycles. The summed E-state index contributed by atoms with van der Waals surface area (Å²) in [5.41, 5.74) is 2.74. The van der Waals surface area contributed by atoms with Gasteiger partial charge in [-0.05, 0) is 43.7 Å². The van der Waals surface area contributed by atoms with E-state index in [1.807, 2.05) is 32.0 Å². The van der Waals surface area contributed by atoms with E-state index in [-0.39, 0.29) is 11.9 Å². The molecule has 4 heteroatoms. The average Bonchev–Trinajstić information content (AvgIpc) is 2.34. The van der Waals surface area contributed by atoms with Crippen molar-refractivity contribution < 1.29 is 4.39 Å². The standard InChI is InChI=1S/C14H14ClFN2/c1-9-3-5-12(7-13(9)15)18-10(2)14-6-4-11(16)8-17-14/h3-8,10,18H,1-2H3. The zero-order valence-electron chi connectivity index (χ0n) is 10.2. The Morgan fingerprint density at radius 3 is 2.67 bits per heavy atom. The van der Waals surface area contributed by atoms with Crippen molar-refractivity contribution in [2.75, 3.05) is 5.32 Å². The van der Waals surface area contributed by atoms with Crippen LogP contribution in [0, 0.1) is 12.7 Å². The molecule has 1 N–H and O–H groups in total. The monoisotopic (exact) mass is 264 g/mol. The van der Waals surface area contributed by atoms with Crippen LogP contribution in [0.15, 0.2) is 36.5 Å². The molecule has 1 atom stereocenters. The van der Waals surface area contributed by atoms with E-state index in [1.54, 1.807) is 6.07 Å². The topological polar surface area (TPSA) is 24.9 Å². The van der Waals surface area contributed by atoms with Gasteiger partial charge in [-0.1, -0.05) is 17.7 Å². The number of hydrogen-bond acceptors (Lipinski definition) is 2. The minimum Gasteiger partial charge on any atom is -0.377 e. The highest BCUT2D eigenvalue weighted by atomic mass is 35.5. The van der Waals surface area contributed by atoms with E-state index in [9.17, 15) is 4.39 Å². The Morgan fingerprint density at radius 2 is 2.06 bits per heavy atom. The highest BCUT2D eigenvalue weighted by molar-refractivity contribution is 6.31. The van der Waals surface area contributed by atoms with Gasteiger partial charge in [0, 0.05) is 10.7 Å². The Morgan fingerprint density at radius 1 is 1.28 bits per heavy atom. The molecule has 94 valence electrons. The Labute approximate surface area is 111 Å². The summed E-state index contributed by atoms with van der Waals surface area (Å²) < 4.78 is 12.8. The summed E-state index contributed by atoms with van der Waals surface area (Å²) in [5.74, 6) is -0.329. The lowest BCUT2D eigenvalue weighted by molar-refractivity contribution is 0.617. The molecule has 0 spiro atoms. The first kappa shape index (κ1) is 12.8. The second-order valence-electron chi connectivity index (χ2n) is 4.23. The molecule has 1 aromatic carbocycles. The number of benzene rings is 1. The van der Waals surface area contributed by atoms with Crippen LogP contribution >= 0.6 is 11.6 Å². The van der Waals surface area contributed by atoms with E-state index in [0.717, 1.165) is 22.0 Å². The highest BCUT2D eigenvalue weighted by Gasteiger charge is 2.07. The summed E-state index contributed by atoms with van der Waals surface area (Å²) in [6.45, 7) is 3.92. The number of aromatic nitrogens is 1. The van der Waals surface area contributed by atoms with Gasteiger partial charge in [-0.25, -0.2) is 4.39 Å². The van der Waals surface area contributed by atoms with Gasteiger partial charge in [0.25, 0.3) is 0 Å². The molecule has 18 heavy (non-hydrogen) atoms. The van der Waals surface area contributed by atoms with Crippen molar-refractivity contribution in [3.05, 3.63) is 58.6 Å². The van der Waals surface area contributed by atoms with Gasteiger partial charge in [0.05, 0.1) is 17.9 Å². The lowest BCUT2D eigenvalue weighted by Gasteiger charge is -2.15. The number of aryl methyl sites for hydroxylation is 1. The number of pyridine rings is 1. The van der Waals surface area contributed by atoms with E-state index < -0.39 is 0 Å². The zero-order chi connectivity index (χ0) is 13.1. The van der Waals surface area contributed by atoms with Crippen LogP contribution in [0.5, 0.6) is 0 Å². The maximum atomic E-state index is 12.8. The first-order valence-corrected chi connectivity index (χ1v) is 6.08. The number of rotatable bonds is 3. The largest absolute Gasteiger partial charge is 0.377 e. The average molecular weight is 265 g/mol. The number of anilines is 1. The molecule has 0 saturated heterocycles. The van der Waals surface area contributed by atoms with Crippen LogP contribution in [-0.4, -0.2) is 4.98 Å².